The van der Waals surface area contributed by atoms with Crippen LogP contribution in [0.3, 0.4) is 0 Å². The first-order valence-electron chi connectivity index (χ1n) is 7.38. The van der Waals surface area contributed by atoms with Crippen molar-refractivity contribution < 1.29 is 0 Å². The molecule has 0 aromatic rings. The zero-order chi connectivity index (χ0) is 11.9. The van der Waals surface area contributed by atoms with Gasteiger partial charge in [-0.15, -0.1) is 0 Å². The Labute approximate surface area is 106 Å². The van der Waals surface area contributed by atoms with E-state index in [4.69, 9.17) is 0 Å². The number of rotatable bonds is 2. The Hall–Kier alpha value is -0.780. The molecule has 0 bridgehead atoms. The van der Waals surface area contributed by atoms with Gasteiger partial charge in [0.25, 0.3) is 0 Å². The Morgan fingerprint density at radius 3 is 2.65 bits per heavy atom. The van der Waals surface area contributed by atoms with Gasteiger partial charge in [-0.2, -0.15) is 0 Å². The van der Waals surface area contributed by atoms with Gasteiger partial charge in [0.2, 0.25) is 0 Å². The van der Waals surface area contributed by atoms with Crippen LogP contribution in [0.1, 0.15) is 58.3 Å². The fourth-order valence-corrected chi connectivity index (χ4v) is 2.94. The molecule has 1 saturated carbocycles. The maximum atomic E-state index is 2.38. The lowest BCUT2D eigenvalue weighted by molar-refractivity contribution is 0.459. The Balaban J connectivity index is 1.93. The molecule has 2 aliphatic rings. The van der Waals surface area contributed by atoms with Crippen LogP contribution in [0.5, 0.6) is 0 Å². The van der Waals surface area contributed by atoms with E-state index in [1.54, 1.807) is 5.57 Å². The third-order valence-electron chi connectivity index (χ3n) is 4.09. The lowest BCUT2D eigenvalue weighted by Gasteiger charge is -2.15. The van der Waals surface area contributed by atoms with E-state index in [1.165, 1.54) is 51.4 Å². The minimum Gasteiger partial charge on any atom is -0.0840 e. The first-order valence-corrected chi connectivity index (χ1v) is 7.38. The maximum Gasteiger partial charge on any atom is -0.0224 e. The molecule has 94 valence electrons. The zero-order valence-electron chi connectivity index (χ0n) is 11.2. The number of hydrogen-bond donors (Lipinski definition) is 0. The van der Waals surface area contributed by atoms with Gasteiger partial charge < -0.3 is 0 Å². The summed E-state index contributed by atoms with van der Waals surface area (Å²) in [6, 6.07) is 0. The van der Waals surface area contributed by atoms with Crippen molar-refractivity contribution >= 4 is 0 Å². The summed E-state index contributed by atoms with van der Waals surface area (Å²) in [5, 5.41) is 0. The van der Waals surface area contributed by atoms with Gasteiger partial charge in [0.1, 0.15) is 0 Å². The van der Waals surface area contributed by atoms with Crippen LogP contribution in [0.4, 0.5) is 0 Å². The minimum absolute atomic E-state index is 0.698. The molecule has 1 fully saturated rings. The second-order valence-electron chi connectivity index (χ2n) is 5.80. The molecule has 1 unspecified atom stereocenters. The SMILES string of the molecule is CC1C=CC(CC2CCCCCC2)=CC=CC1. The highest BCUT2D eigenvalue weighted by molar-refractivity contribution is 5.26. The van der Waals surface area contributed by atoms with Gasteiger partial charge in [-0.25, -0.2) is 0 Å². The smallest absolute Gasteiger partial charge is 0.0224 e. The highest BCUT2D eigenvalue weighted by atomic mass is 14.2. The monoisotopic (exact) mass is 230 g/mol. The standard InChI is InChI=1S/C17H26/c1-15-8-6-7-11-17(13-12-15)14-16-9-4-2-3-5-10-16/h6-7,11-13,15-16H,2-5,8-10,14H2,1H3. The van der Waals surface area contributed by atoms with Crippen LogP contribution in [-0.4, -0.2) is 0 Å². The van der Waals surface area contributed by atoms with E-state index in [-0.39, 0.29) is 0 Å². The molecule has 0 aromatic heterocycles. The number of allylic oxidation sites excluding steroid dienone is 6. The van der Waals surface area contributed by atoms with Crippen molar-refractivity contribution in [3.63, 3.8) is 0 Å². The quantitative estimate of drug-likeness (QED) is 0.555. The average Bonchev–Trinajstić information content (AvgIpc) is 2.57. The Morgan fingerprint density at radius 1 is 1.12 bits per heavy atom. The molecule has 1 atom stereocenters. The fraction of sp³-hybridized carbons (Fsp3) is 0.647. The molecule has 0 aromatic carbocycles. The van der Waals surface area contributed by atoms with Crippen LogP contribution < -0.4 is 0 Å². The zero-order valence-corrected chi connectivity index (χ0v) is 11.2. The summed E-state index contributed by atoms with van der Waals surface area (Å²) in [5.41, 5.74) is 1.54. The van der Waals surface area contributed by atoms with Crippen molar-refractivity contribution in [1.29, 1.82) is 0 Å². The molecule has 0 N–H and O–H groups in total. The van der Waals surface area contributed by atoms with Crippen molar-refractivity contribution in [2.24, 2.45) is 11.8 Å². The molecule has 0 radical (unpaired) electrons. The molecule has 0 heteroatoms. The van der Waals surface area contributed by atoms with E-state index in [0.717, 1.165) is 5.92 Å². The van der Waals surface area contributed by atoms with E-state index in [9.17, 15) is 0 Å². The average molecular weight is 230 g/mol. The Morgan fingerprint density at radius 2 is 1.88 bits per heavy atom. The topological polar surface area (TPSA) is 0 Å². The van der Waals surface area contributed by atoms with Crippen LogP contribution in [0.25, 0.3) is 0 Å². The molecule has 0 amide bonds. The van der Waals surface area contributed by atoms with Crippen molar-refractivity contribution in [2.75, 3.05) is 0 Å². The number of hydrogen-bond acceptors (Lipinski definition) is 0. The summed E-state index contributed by atoms with van der Waals surface area (Å²) < 4.78 is 0. The minimum atomic E-state index is 0.698. The molecule has 17 heavy (non-hydrogen) atoms. The Bertz CT molecular complexity index is 298. The van der Waals surface area contributed by atoms with Crippen LogP contribution in [0, 0.1) is 11.8 Å². The van der Waals surface area contributed by atoms with Crippen molar-refractivity contribution in [1.82, 2.24) is 0 Å². The van der Waals surface area contributed by atoms with Crippen LogP contribution in [0.15, 0.2) is 36.0 Å². The maximum absolute atomic E-state index is 2.38. The molecule has 0 saturated heterocycles. The van der Waals surface area contributed by atoms with E-state index < -0.39 is 0 Å². The fourth-order valence-electron chi connectivity index (χ4n) is 2.94. The predicted molar refractivity (Wildman–Crippen MR) is 76.0 cm³/mol. The van der Waals surface area contributed by atoms with E-state index in [1.807, 2.05) is 0 Å². The lowest BCUT2D eigenvalue weighted by Crippen LogP contribution is -2.00. The van der Waals surface area contributed by atoms with Gasteiger partial charge in [0.15, 0.2) is 0 Å². The van der Waals surface area contributed by atoms with E-state index in [0.29, 0.717) is 5.92 Å². The highest BCUT2D eigenvalue weighted by Gasteiger charge is 2.13. The van der Waals surface area contributed by atoms with Crippen molar-refractivity contribution in [3.05, 3.63) is 36.0 Å². The summed E-state index contributed by atoms with van der Waals surface area (Å²) >= 11 is 0. The van der Waals surface area contributed by atoms with E-state index >= 15 is 0 Å². The summed E-state index contributed by atoms with van der Waals surface area (Å²) in [6.45, 7) is 2.30. The van der Waals surface area contributed by atoms with Gasteiger partial charge in [-0.3, -0.25) is 0 Å². The summed E-state index contributed by atoms with van der Waals surface area (Å²) in [4.78, 5) is 0. The Kier molecular flexibility index (Phi) is 5.09. The van der Waals surface area contributed by atoms with Crippen LogP contribution >= 0.6 is 0 Å². The summed E-state index contributed by atoms with van der Waals surface area (Å²) in [5.74, 6) is 1.64. The van der Waals surface area contributed by atoms with E-state index in [2.05, 4.69) is 37.3 Å². The second-order valence-corrected chi connectivity index (χ2v) is 5.80. The molecule has 0 heterocycles. The molecular weight excluding hydrogens is 204 g/mol. The van der Waals surface area contributed by atoms with Gasteiger partial charge in [-0.05, 0) is 30.3 Å². The molecule has 0 spiro atoms. The molecule has 0 nitrogen and oxygen atoms in total. The first kappa shape index (κ1) is 12.7. The summed E-state index contributed by atoms with van der Waals surface area (Å²) in [7, 11) is 0. The molecule has 0 aliphatic heterocycles. The molecular formula is C17H26. The summed E-state index contributed by atoms with van der Waals surface area (Å²) in [6.07, 6.45) is 22.9. The largest absolute Gasteiger partial charge is 0.0840 e. The highest BCUT2D eigenvalue weighted by Crippen LogP contribution is 2.29. The lowest BCUT2D eigenvalue weighted by atomic mass is 9.90. The molecule has 2 rings (SSSR count). The molecule has 2 aliphatic carbocycles. The van der Waals surface area contributed by atoms with Gasteiger partial charge in [-0.1, -0.05) is 75.8 Å². The van der Waals surface area contributed by atoms with Gasteiger partial charge in [0.05, 0.1) is 0 Å². The van der Waals surface area contributed by atoms with Crippen LogP contribution in [-0.2, 0) is 0 Å². The third kappa shape index (κ3) is 4.53. The third-order valence-corrected chi connectivity index (χ3v) is 4.09. The normalized spacial score (nSPS) is 27.1. The predicted octanol–water partition coefficient (Wildman–Crippen LogP) is 5.43. The van der Waals surface area contributed by atoms with Gasteiger partial charge in [0, 0.05) is 0 Å². The van der Waals surface area contributed by atoms with Crippen molar-refractivity contribution in [3.8, 4) is 0 Å². The second kappa shape index (κ2) is 6.83. The van der Waals surface area contributed by atoms with Gasteiger partial charge >= 0.3 is 0 Å². The van der Waals surface area contributed by atoms with Crippen molar-refractivity contribution in [2.45, 2.75) is 58.3 Å². The van der Waals surface area contributed by atoms with Crippen LogP contribution in [0.2, 0.25) is 0 Å². The first-order chi connectivity index (χ1) is 8.34.